The fourth-order valence-electron chi connectivity index (χ4n) is 1.85. The molecule has 1 rings (SSSR count). The molecule has 128 valence electrons. The number of ether oxygens (including phenoxy) is 1. The molecule has 0 aliphatic carbocycles. The maximum Gasteiger partial charge on any atom is 0.407 e. The molecule has 0 heterocycles. The number of carbonyl (C=O) groups is 2. The lowest BCUT2D eigenvalue weighted by atomic mass is 10.1. The molecule has 0 aromatic heterocycles. The van der Waals surface area contributed by atoms with E-state index in [9.17, 15) is 9.59 Å². The molecular weight excluding hydrogens is 294 g/mol. The van der Waals surface area contributed by atoms with Crippen LogP contribution in [0.2, 0.25) is 0 Å². The Balaban J connectivity index is 2.47. The predicted molar refractivity (Wildman–Crippen MR) is 91.8 cm³/mol. The van der Waals surface area contributed by atoms with Gasteiger partial charge in [-0.15, -0.1) is 0 Å². The molecule has 0 aliphatic heterocycles. The summed E-state index contributed by atoms with van der Waals surface area (Å²) in [6, 6.07) is 7.27. The third-order valence-corrected chi connectivity index (χ3v) is 2.90. The first kappa shape index (κ1) is 18.8. The van der Waals surface area contributed by atoms with Gasteiger partial charge in [-0.2, -0.15) is 0 Å². The highest BCUT2D eigenvalue weighted by Gasteiger charge is 2.16. The zero-order valence-electron chi connectivity index (χ0n) is 14.8. The first-order chi connectivity index (χ1) is 10.6. The molecule has 0 radical (unpaired) electrons. The van der Waals surface area contributed by atoms with Crippen LogP contribution in [0.5, 0.6) is 0 Å². The second-order valence-corrected chi connectivity index (χ2v) is 6.71. The second kappa shape index (κ2) is 7.85. The zero-order chi connectivity index (χ0) is 17.6. The van der Waals surface area contributed by atoms with E-state index in [0.29, 0.717) is 12.1 Å². The van der Waals surface area contributed by atoms with Crippen molar-refractivity contribution in [1.29, 1.82) is 0 Å². The smallest absolute Gasteiger partial charge is 0.407 e. The Morgan fingerprint density at radius 1 is 1.17 bits per heavy atom. The number of carbonyl (C=O) groups excluding carboxylic acids is 2. The number of nitrogens with zero attached hydrogens (tertiary/aromatic N) is 1. The van der Waals surface area contributed by atoms with Gasteiger partial charge in [-0.05, 0) is 52.0 Å². The van der Waals surface area contributed by atoms with E-state index in [1.807, 2.05) is 39.8 Å². The van der Waals surface area contributed by atoms with E-state index in [1.54, 1.807) is 26.2 Å². The Hall–Kier alpha value is -2.24. The fraction of sp³-hybridized carbons (Fsp3) is 0.529. The van der Waals surface area contributed by atoms with Gasteiger partial charge in [-0.1, -0.05) is 0 Å². The van der Waals surface area contributed by atoms with Crippen LogP contribution in [0.25, 0.3) is 0 Å². The van der Waals surface area contributed by atoms with Gasteiger partial charge in [-0.25, -0.2) is 4.79 Å². The molecule has 0 bridgehead atoms. The minimum atomic E-state index is -0.504. The van der Waals surface area contributed by atoms with Crippen LogP contribution >= 0.6 is 0 Å². The predicted octanol–water partition coefficient (Wildman–Crippen LogP) is 2.71. The topological polar surface area (TPSA) is 70.7 Å². The Kier molecular flexibility index (Phi) is 6.42. The molecule has 6 heteroatoms. The van der Waals surface area contributed by atoms with Crippen molar-refractivity contribution in [1.82, 2.24) is 10.2 Å². The minimum absolute atomic E-state index is 0.0259. The third kappa shape index (κ3) is 7.04. The highest BCUT2D eigenvalue weighted by Crippen LogP contribution is 2.12. The van der Waals surface area contributed by atoms with E-state index < -0.39 is 11.7 Å². The lowest BCUT2D eigenvalue weighted by molar-refractivity contribution is 0.0526. The molecule has 1 unspecified atom stereocenters. The normalized spacial score (nSPS) is 12.3. The summed E-state index contributed by atoms with van der Waals surface area (Å²) in [7, 11) is 3.44. The molecule has 0 fully saturated rings. The number of nitrogens with one attached hydrogen (secondary N) is 2. The molecule has 2 N–H and O–H groups in total. The number of hydrogen-bond donors (Lipinski definition) is 2. The Labute approximate surface area is 138 Å². The summed E-state index contributed by atoms with van der Waals surface area (Å²) in [5, 5.41) is 5.98. The molecule has 1 aromatic rings. The Morgan fingerprint density at radius 3 is 2.22 bits per heavy atom. The third-order valence-electron chi connectivity index (χ3n) is 2.90. The average Bonchev–Trinajstić information content (AvgIpc) is 2.43. The average molecular weight is 321 g/mol. The lowest BCUT2D eigenvalue weighted by Crippen LogP contribution is -2.38. The lowest BCUT2D eigenvalue weighted by Gasteiger charge is -2.21. The van der Waals surface area contributed by atoms with E-state index >= 15 is 0 Å². The van der Waals surface area contributed by atoms with Crippen LogP contribution in [0.3, 0.4) is 0 Å². The van der Waals surface area contributed by atoms with E-state index in [0.717, 1.165) is 5.69 Å². The largest absolute Gasteiger partial charge is 0.444 e. The van der Waals surface area contributed by atoms with Crippen molar-refractivity contribution in [3.8, 4) is 0 Å². The monoisotopic (exact) mass is 321 g/mol. The van der Waals surface area contributed by atoms with E-state index in [1.165, 1.54) is 4.90 Å². The summed E-state index contributed by atoms with van der Waals surface area (Å²) in [6.45, 7) is 7.87. The first-order valence-electron chi connectivity index (χ1n) is 7.63. The van der Waals surface area contributed by atoms with Crippen molar-refractivity contribution in [2.45, 2.75) is 39.3 Å². The van der Waals surface area contributed by atoms with Crippen LogP contribution < -0.4 is 10.6 Å². The van der Waals surface area contributed by atoms with Gasteiger partial charge in [0.1, 0.15) is 5.60 Å². The number of benzene rings is 1. The highest BCUT2D eigenvalue weighted by atomic mass is 16.6. The Bertz CT molecular complexity index is 533. The van der Waals surface area contributed by atoms with Gasteiger partial charge < -0.3 is 20.3 Å². The van der Waals surface area contributed by atoms with Gasteiger partial charge in [0.15, 0.2) is 0 Å². The summed E-state index contributed by atoms with van der Waals surface area (Å²) in [5.41, 5.74) is 1.02. The van der Waals surface area contributed by atoms with E-state index in [2.05, 4.69) is 10.6 Å². The van der Waals surface area contributed by atoms with Crippen LogP contribution in [-0.4, -0.2) is 49.2 Å². The molecule has 0 spiro atoms. The molecule has 0 aliphatic rings. The first-order valence-corrected chi connectivity index (χ1v) is 7.63. The summed E-state index contributed by atoms with van der Waals surface area (Å²) >= 11 is 0. The van der Waals surface area contributed by atoms with Crippen molar-refractivity contribution in [2.24, 2.45) is 0 Å². The maximum absolute atomic E-state index is 11.8. The molecule has 2 amide bonds. The fourth-order valence-corrected chi connectivity index (χ4v) is 1.85. The number of anilines is 1. The van der Waals surface area contributed by atoms with Gasteiger partial charge in [0.2, 0.25) is 0 Å². The van der Waals surface area contributed by atoms with Gasteiger partial charge in [0.25, 0.3) is 5.91 Å². The van der Waals surface area contributed by atoms with Crippen LogP contribution in [0.4, 0.5) is 10.5 Å². The Morgan fingerprint density at radius 2 is 1.74 bits per heavy atom. The SMILES string of the molecule is CC(CNC(=O)OC(C)(C)C)Nc1ccc(C(=O)N(C)C)cc1. The molecule has 1 aromatic carbocycles. The van der Waals surface area contributed by atoms with Gasteiger partial charge >= 0.3 is 6.09 Å². The van der Waals surface area contributed by atoms with Gasteiger partial charge in [0, 0.05) is 37.9 Å². The molecule has 23 heavy (non-hydrogen) atoms. The number of alkyl carbamates (subject to hydrolysis) is 1. The quantitative estimate of drug-likeness (QED) is 0.875. The van der Waals surface area contributed by atoms with E-state index in [-0.39, 0.29) is 11.9 Å². The van der Waals surface area contributed by atoms with Crippen LogP contribution in [0, 0.1) is 0 Å². The molecule has 6 nitrogen and oxygen atoms in total. The number of amides is 2. The van der Waals surface area contributed by atoms with Crippen molar-refractivity contribution in [3.63, 3.8) is 0 Å². The highest BCUT2D eigenvalue weighted by molar-refractivity contribution is 5.94. The van der Waals surface area contributed by atoms with Crippen molar-refractivity contribution in [3.05, 3.63) is 29.8 Å². The molecule has 0 saturated heterocycles. The van der Waals surface area contributed by atoms with Crippen LogP contribution in [0.1, 0.15) is 38.1 Å². The van der Waals surface area contributed by atoms with Crippen LogP contribution in [-0.2, 0) is 4.74 Å². The van der Waals surface area contributed by atoms with Crippen LogP contribution in [0.15, 0.2) is 24.3 Å². The van der Waals surface area contributed by atoms with E-state index in [4.69, 9.17) is 4.74 Å². The van der Waals surface area contributed by atoms with Crippen molar-refractivity contribution >= 4 is 17.7 Å². The standard InChI is InChI=1S/C17H27N3O3/c1-12(11-18-16(22)23-17(2,3)4)19-14-9-7-13(8-10-14)15(21)20(5)6/h7-10,12,19H,11H2,1-6H3,(H,18,22). The van der Waals surface area contributed by atoms with Gasteiger partial charge in [0.05, 0.1) is 0 Å². The second-order valence-electron chi connectivity index (χ2n) is 6.71. The summed E-state index contributed by atoms with van der Waals surface area (Å²) in [4.78, 5) is 24.9. The number of rotatable bonds is 5. The van der Waals surface area contributed by atoms with Gasteiger partial charge in [-0.3, -0.25) is 4.79 Å². The summed E-state index contributed by atoms with van der Waals surface area (Å²) in [5.74, 6) is -0.0313. The number of hydrogen-bond acceptors (Lipinski definition) is 4. The molecule has 1 atom stereocenters. The maximum atomic E-state index is 11.8. The zero-order valence-corrected chi connectivity index (χ0v) is 14.8. The van der Waals surface area contributed by atoms with Crippen molar-refractivity contribution in [2.75, 3.05) is 26.0 Å². The summed E-state index contributed by atoms with van der Waals surface area (Å²) in [6.07, 6.45) is -0.432. The molecule has 0 saturated carbocycles. The minimum Gasteiger partial charge on any atom is -0.444 e. The molecular formula is C17H27N3O3. The summed E-state index contributed by atoms with van der Waals surface area (Å²) < 4.78 is 5.18. The van der Waals surface area contributed by atoms with Crippen molar-refractivity contribution < 1.29 is 14.3 Å².